The van der Waals surface area contributed by atoms with Gasteiger partial charge >= 0.3 is 0 Å². The Labute approximate surface area is 197 Å². The molecule has 4 aromatic rings. The Bertz CT molecular complexity index is 1600. The molecular formula is C25H16Cl2N2O2S. The van der Waals surface area contributed by atoms with Crippen LogP contribution in [0.15, 0.2) is 54.6 Å². The minimum Gasteiger partial charge on any atom is -0.497 e. The number of ether oxygens (including phenoxy) is 2. The van der Waals surface area contributed by atoms with Gasteiger partial charge in [-0.2, -0.15) is 0 Å². The number of para-hydroxylation sites is 2. The lowest BCUT2D eigenvalue weighted by atomic mass is 9.95. The zero-order chi connectivity index (χ0) is 22.0. The van der Waals surface area contributed by atoms with Gasteiger partial charge < -0.3 is 14.5 Å². The number of fused-ring (bicyclic) bond motifs is 6. The first-order chi connectivity index (χ1) is 15.6. The number of methoxy groups -OCH3 is 2. The monoisotopic (exact) mass is 478 g/mol. The van der Waals surface area contributed by atoms with Crippen molar-refractivity contribution in [2.75, 3.05) is 14.2 Å². The Hall–Kier alpha value is -2.99. The zero-order valence-corrected chi connectivity index (χ0v) is 19.5. The molecule has 158 valence electrons. The number of H-pyrrole nitrogens is 1. The smallest absolute Gasteiger partial charge is 0.127 e. The van der Waals surface area contributed by atoms with Gasteiger partial charge in [0.2, 0.25) is 0 Å². The van der Waals surface area contributed by atoms with Crippen LogP contribution < -0.4 is 9.47 Å². The molecule has 0 fully saturated rings. The van der Waals surface area contributed by atoms with Crippen molar-refractivity contribution in [1.82, 2.24) is 9.97 Å². The third-order valence-electron chi connectivity index (χ3n) is 5.77. The first kappa shape index (κ1) is 19.7. The third kappa shape index (κ3) is 2.78. The van der Waals surface area contributed by atoms with Gasteiger partial charge in [-0.05, 0) is 29.8 Å². The molecular weight excluding hydrogens is 463 g/mol. The van der Waals surface area contributed by atoms with Crippen LogP contribution in [0.2, 0.25) is 10.0 Å². The Morgan fingerprint density at radius 2 is 1.53 bits per heavy atom. The van der Waals surface area contributed by atoms with E-state index in [9.17, 15) is 0 Å². The number of rotatable bonds is 3. The molecule has 0 saturated carbocycles. The summed E-state index contributed by atoms with van der Waals surface area (Å²) in [7, 11) is 3.31. The molecule has 3 aromatic carbocycles. The molecule has 0 atom stereocenters. The maximum Gasteiger partial charge on any atom is 0.127 e. The highest BCUT2D eigenvalue weighted by Crippen LogP contribution is 2.51. The lowest BCUT2D eigenvalue weighted by molar-refractivity contribution is 0.394. The van der Waals surface area contributed by atoms with E-state index in [0.29, 0.717) is 21.5 Å². The van der Waals surface area contributed by atoms with Crippen molar-refractivity contribution >= 4 is 66.6 Å². The molecule has 0 radical (unpaired) electrons. The highest BCUT2D eigenvalue weighted by Gasteiger charge is 2.25. The molecule has 1 aromatic heterocycles. The van der Waals surface area contributed by atoms with Crippen molar-refractivity contribution in [2.45, 2.75) is 0 Å². The van der Waals surface area contributed by atoms with Gasteiger partial charge in [0.25, 0.3) is 0 Å². The average Bonchev–Trinajstić information content (AvgIpc) is 3.37. The number of benzene rings is 3. The molecule has 32 heavy (non-hydrogen) atoms. The van der Waals surface area contributed by atoms with E-state index < -0.39 is 0 Å². The third-order valence-corrected chi connectivity index (χ3v) is 7.39. The van der Waals surface area contributed by atoms with E-state index in [0.717, 1.165) is 53.7 Å². The Morgan fingerprint density at radius 3 is 2.25 bits per heavy atom. The second-order valence-corrected chi connectivity index (χ2v) is 9.31. The van der Waals surface area contributed by atoms with Crippen LogP contribution in [0, 0.1) is 0 Å². The molecule has 2 aliphatic heterocycles. The summed E-state index contributed by atoms with van der Waals surface area (Å²) in [5, 5.41) is 5.37. The summed E-state index contributed by atoms with van der Waals surface area (Å²) in [5.74, 6) is 1.43. The number of hydrogen-bond donors (Lipinski definition) is 1. The number of halogens is 2. The number of aromatic nitrogens is 2. The first-order valence-electron chi connectivity index (χ1n) is 9.93. The van der Waals surface area contributed by atoms with Crippen molar-refractivity contribution in [3.05, 3.63) is 64.6 Å². The molecule has 0 unspecified atom stereocenters. The van der Waals surface area contributed by atoms with Gasteiger partial charge in [-0.3, -0.25) is 0 Å². The predicted molar refractivity (Wildman–Crippen MR) is 134 cm³/mol. The van der Waals surface area contributed by atoms with Crippen molar-refractivity contribution in [3.8, 4) is 33.2 Å². The first-order valence-corrected chi connectivity index (χ1v) is 11.5. The van der Waals surface area contributed by atoms with Gasteiger partial charge in [0.05, 0.1) is 35.3 Å². The van der Waals surface area contributed by atoms with E-state index in [4.69, 9.17) is 37.7 Å². The van der Waals surface area contributed by atoms with Crippen LogP contribution in [0.1, 0.15) is 0 Å². The molecule has 1 N–H and O–H groups in total. The van der Waals surface area contributed by atoms with Crippen LogP contribution in [-0.2, 0) is 0 Å². The maximum atomic E-state index is 6.54. The van der Waals surface area contributed by atoms with E-state index in [1.54, 1.807) is 25.6 Å². The lowest BCUT2D eigenvalue weighted by Gasteiger charge is -2.14. The van der Waals surface area contributed by atoms with E-state index in [-0.39, 0.29) is 0 Å². The van der Waals surface area contributed by atoms with Crippen LogP contribution in [0.3, 0.4) is 0 Å². The molecule has 0 amide bonds. The maximum absolute atomic E-state index is 6.54. The Morgan fingerprint density at radius 1 is 0.844 bits per heavy atom. The summed E-state index contributed by atoms with van der Waals surface area (Å²) in [5.41, 5.74) is 4.78. The molecule has 3 heterocycles. The molecule has 6 rings (SSSR count). The molecule has 0 aliphatic carbocycles. The molecule has 7 heteroatoms. The zero-order valence-electron chi connectivity index (χ0n) is 17.1. The molecule has 0 saturated heterocycles. The van der Waals surface area contributed by atoms with E-state index >= 15 is 0 Å². The van der Waals surface area contributed by atoms with Crippen molar-refractivity contribution < 1.29 is 9.47 Å². The van der Waals surface area contributed by atoms with Crippen molar-refractivity contribution in [2.24, 2.45) is 0 Å². The summed E-state index contributed by atoms with van der Waals surface area (Å²) in [4.78, 5) is 9.41. The number of nitrogens with one attached hydrogen (secondary N) is 1. The van der Waals surface area contributed by atoms with Crippen molar-refractivity contribution in [3.63, 3.8) is 0 Å². The minimum atomic E-state index is 0.636. The van der Waals surface area contributed by atoms with Crippen molar-refractivity contribution in [1.29, 1.82) is 0 Å². The fraction of sp³-hybridized carbons (Fsp3) is 0.0800. The number of nitrogens with zero attached hydrogens (tertiary/aromatic N) is 1. The van der Waals surface area contributed by atoms with Crippen LogP contribution in [0.5, 0.6) is 11.5 Å². The topological polar surface area (TPSA) is 47.1 Å². The number of hydrogen-bond acceptors (Lipinski definition) is 4. The Kier molecular flexibility index (Phi) is 4.47. The highest BCUT2D eigenvalue weighted by atomic mass is 35.5. The summed E-state index contributed by atoms with van der Waals surface area (Å²) >= 11 is 14.7. The average molecular weight is 479 g/mol. The second-order valence-electron chi connectivity index (χ2n) is 7.50. The second kappa shape index (κ2) is 7.27. The van der Waals surface area contributed by atoms with E-state index in [1.165, 1.54) is 0 Å². The van der Waals surface area contributed by atoms with Gasteiger partial charge in [0.15, 0.2) is 0 Å². The van der Waals surface area contributed by atoms with Crippen LogP contribution >= 0.6 is 34.5 Å². The summed E-state index contributed by atoms with van der Waals surface area (Å²) in [6.45, 7) is 0. The molecule has 0 spiro atoms. The minimum absolute atomic E-state index is 0.636. The summed E-state index contributed by atoms with van der Waals surface area (Å²) in [6, 6.07) is 17.8. The van der Waals surface area contributed by atoms with Gasteiger partial charge in [0, 0.05) is 33.4 Å². The van der Waals surface area contributed by atoms with Crippen LogP contribution in [0.25, 0.3) is 53.7 Å². The van der Waals surface area contributed by atoms with Gasteiger partial charge in [-0.1, -0.05) is 58.8 Å². The summed E-state index contributed by atoms with van der Waals surface area (Å²) in [6.07, 6.45) is 0. The number of aromatic amines is 1. The molecule has 0 bridgehead atoms. The van der Waals surface area contributed by atoms with Gasteiger partial charge in [0.1, 0.15) is 21.3 Å². The SMILES string of the molecule is COc1cc(OC)cc(-c2c3c4cccc(Cl)c4nc-3sc3[nH]c4c(Cl)cccc4c23)c1. The van der Waals surface area contributed by atoms with Crippen LogP contribution in [0.4, 0.5) is 0 Å². The van der Waals surface area contributed by atoms with E-state index in [1.807, 2.05) is 42.5 Å². The molecule has 2 aliphatic rings. The van der Waals surface area contributed by atoms with Gasteiger partial charge in [-0.15, -0.1) is 0 Å². The molecule has 4 nitrogen and oxygen atoms in total. The fourth-order valence-corrected chi connectivity index (χ4v) is 5.91. The van der Waals surface area contributed by atoms with Gasteiger partial charge in [-0.25, -0.2) is 4.98 Å². The van der Waals surface area contributed by atoms with E-state index in [2.05, 4.69) is 17.1 Å². The largest absolute Gasteiger partial charge is 0.497 e. The normalized spacial score (nSPS) is 11.8. The predicted octanol–water partition coefficient (Wildman–Crippen LogP) is 8.03. The standard InChI is InChI=1S/C25H16Cl2N2O2S/c1-30-13-9-12(10-14(11-13)31-2)19-20-15-5-3-7-17(26)22(15)28-24(20)32-25-21(19)16-6-4-8-18(27)23(16)29-25/h3-11,28H,1-2H3. The Balaban J connectivity index is 1.88. The quantitative estimate of drug-likeness (QED) is 0.280. The summed E-state index contributed by atoms with van der Waals surface area (Å²) < 4.78 is 11.2. The van der Waals surface area contributed by atoms with Crippen LogP contribution in [-0.4, -0.2) is 24.2 Å². The lowest BCUT2D eigenvalue weighted by Crippen LogP contribution is -1.91. The highest BCUT2D eigenvalue weighted by molar-refractivity contribution is 7.21. The fourth-order valence-electron chi connectivity index (χ4n) is 4.36.